The van der Waals surface area contributed by atoms with E-state index in [9.17, 15) is 4.79 Å². The van der Waals surface area contributed by atoms with E-state index in [2.05, 4.69) is 20.6 Å². The highest BCUT2D eigenvalue weighted by atomic mass is 35.5. The molecular formula is C14H15ClN4O. The molecular weight excluding hydrogens is 276 g/mol. The lowest BCUT2D eigenvalue weighted by Crippen LogP contribution is -2.25. The fraction of sp³-hybridized carbons (Fsp3) is 0.214. The largest absolute Gasteiger partial charge is 0.373 e. The first-order valence-corrected chi connectivity index (χ1v) is 6.53. The third kappa shape index (κ3) is 3.45. The molecule has 0 unspecified atom stereocenters. The number of halogens is 1. The van der Waals surface area contributed by atoms with Crippen molar-refractivity contribution in [2.24, 2.45) is 0 Å². The van der Waals surface area contributed by atoms with Crippen LogP contribution in [0, 0.1) is 6.92 Å². The smallest absolute Gasteiger partial charge is 0.271 e. The topological polar surface area (TPSA) is 66.9 Å². The van der Waals surface area contributed by atoms with Gasteiger partial charge in [-0.15, -0.1) is 0 Å². The standard InChI is InChI=1S/C14H15ClN4O/c1-9-4-3-5-10(18-9)8-17-14(20)13-11(15)6-7-12(16-2)19-13/h3-7H,8H2,1-2H3,(H,16,19)(H,17,20). The highest BCUT2D eigenvalue weighted by molar-refractivity contribution is 6.33. The van der Waals surface area contributed by atoms with Crippen LogP contribution >= 0.6 is 11.6 Å². The van der Waals surface area contributed by atoms with Crippen LogP contribution in [0.1, 0.15) is 21.9 Å². The number of carbonyl (C=O) groups excluding carboxylic acids is 1. The number of nitrogens with one attached hydrogen (secondary N) is 2. The molecule has 0 saturated heterocycles. The monoisotopic (exact) mass is 290 g/mol. The van der Waals surface area contributed by atoms with E-state index < -0.39 is 0 Å². The number of amides is 1. The maximum atomic E-state index is 12.1. The summed E-state index contributed by atoms with van der Waals surface area (Å²) in [5, 5.41) is 5.95. The third-order valence-electron chi connectivity index (χ3n) is 2.69. The Kier molecular flexibility index (Phi) is 4.53. The number of aromatic nitrogens is 2. The van der Waals surface area contributed by atoms with Crippen LogP contribution in [0.25, 0.3) is 0 Å². The lowest BCUT2D eigenvalue weighted by molar-refractivity contribution is 0.0945. The summed E-state index contributed by atoms with van der Waals surface area (Å²) in [6.45, 7) is 2.24. The average molecular weight is 291 g/mol. The Morgan fingerprint density at radius 3 is 2.75 bits per heavy atom. The summed E-state index contributed by atoms with van der Waals surface area (Å²) < 4.78 is 0. The summed E-state index contributed by atoms with van der Waals surface area (Å²) in [6.07, 6.45) is 0. The predicted molar refractivity (Wildman–Crippen MR) is 78.9 cm³/mol. The first kappa shape index (κ1) is 14.3. The van der Waals surface area contributed by atoms with Gasteiger partial charge in [0.1, 0.15) is 11.5 Å². The molecule has 0 saturated carbocycles. The van der Waals surface area contributed by atoms with Gasteiger partial charge in [-0.1, -0.05) is 17.7 Å². The molecule has 0 bridgehead atoms. The van der Waals surface area contributed by atoms with Gasteiger partial charge in [0.2, 0.25) is 0 Å². The van der Waals surface area contributed by atoms with Gasteiger partial charge in [-0.25, -0.2) is 4.98 Å². The Bertz CT molecular complexity index is 630. The summed E-state index contributed by atoms with van der Waals surface area (Å²) >= 11 is 5.99. The SMILES string of the molecule is CNc1ccc(Cl)c(C(=O)NCc2cccc(C)n2)n1. The van der Waals surface area contributed by atoms with Crippen molar-refractivity contribution >= 4 is 23.3 Å². The summed E-state index contributed by atoms with van der Waals surface area (Å²) in [6, 6.07) is 9.00. The Morgan fingerprint density at radius 1 is 1.25 bits per heavy atom. The number of hydrogen-bond donors (Lipinski definition) is 2. The Morgan fingerprint density at radius 2 is 2.05 bits per heavy atom. The number of anilines is 1. The molecule has 104 valence electrons. The fourth-order valence-electron chi connectivity index (χ4n) is 1.69. The van der Waals surface area contributed by atoms with Crippen LogP contribution in [0.5, 0.6) is 0 Å². The maximum Gasteiger partial charge on any atom is 0.271 e. The van der Waals surface area contributed by atoms with E-state index in [0.29, 0.717) is 17.4 Å². The molecule has 0 spiro atoms. The minimum atomic E-state index is -0.324. The molecule has 20 heavy (non-hydrogen) atoms. The zero-order valence-electron chi connectivity index (χ0n) is 11.3. The van der Waals surface area contributed by atoms with Crippen molar-refractivity contribution in [3.05, 3.63) is 52.4 Å². The molecule has 0 aliphatic carbocycles. The minimum Gasteiger partial charge on any atom is -0.373 e. The van der Waals surface area contributed by atoms with Crippen LogP contribution in [0.3, 0.4) is 0 Å². The van der Waals surface area contributed by atoms with Crippen LogP contribution in [0.4, 0.5) is 5.82 Å². The second-order valence-electron chi connectivity index (χ2n) is 4.23. The molecule has 0 aromatic carbocycles. The van der Waals surface area contributed by atoms with Crippen LogP contribution < -0.4 is 10.6 Å². The molecule has 0 aliphatic rings. The molecule has 0 radical (unpaired) electrons. The molecule has 2 heterocycles. The molecule has 2 N–H and O–H groups in total. The van der Waals surface area contributed by atoms with Crippen LogP contribution in [-0.2, 0) is 6.54 Å². The van der Waals surface area contributed by atoms with Crippen molar-refractivity contribution in [3.8, 4) is 0 Å². The zero-order chi connectivity index (χ0) is 14.5. The number of pyridine rings is 2. The van der Waals surface area contributed by atoms with Gasteiger partial charge in [0.05, 0.1) is 17.3 Å². The lowest BCUT2D eigenvalue weighted by atomic mass is 10.3. The molecule has 2 aromatic heterocycles. The van der Waals surface area contributed by atoms with E-state index in [1.807, 2.05) is 25.1 Å². The van der Waals surface area contributed by atoms with Gasteiger partial charge in [-0.05, 0) is 31.2 Å². The predicted octanol–water partition coefficient (Wildman–Crippen LogP) is 2.41. The second-order valence-corrected chi connectivity index (χ2v) is 4.64. The summed E-state index contributed by atoms with van der Waals surface area (Å²) in [4.78, 5) is 20.5. The quantitative estimate of drug-likeness (QED) is 0.907. The Hall–Kier alpha value is -2.14. The zero-order valence-corrected chi connectivity index (χ0v) is 12.0. The fourth-order valence-corrected chi connectivity index (χ4v) is 1.88. The van der Waals surface area contributed by atoms with E-state index in [4.69, 9.17) is 11.6 Å². The molecule has 6 heteroatoms. The van der Waals surface area contributed by atoms with Gasteiger partial charge in [-0.3, -0.25) is 9.78 Å². The minimum absolute atomic E-state index is 0.200. The Labute approximate surface area is 122 Å². The first-order chi connectivity index (χ1) is 9.60. The van der Waals surface area contributed by atoms with Gasteiger partial charge in [-0.2, -0.15) is 0 Å². The Balaban J connectivity index is 2.08. The van der Waals surface area contributed by atoms with E-state index in [1.54, 1.807) is 19.2 Å². The molecule has 2 aromatic rings. The number of hydrogen-bond acceptors (Lipinski definition) is 4. The van der Waals surface area contributed by atoms with E-state index >= 15 is 0 Å². The summed E-state index contributed by atoms with van der Waals surface area (Å²) in [7, 11) is 1.73. The van der Waals surface area contributed by atoms with Crippen molar-refractivity contribution in [1.29, 1.82) is 0 Å². The number of carbonyl (C=O) groups is 1. The van der Waals surface area contributed by atoms with E-state index in [1.165, 1.54) is 0 Å². The van der Waals surface area contributed by atoms with Gasteiger partial charge >= 0.3 is 0 Å². The molecule has 5 nitrogen and oxygen atoms in total. The number of aryl methyl sites for hydroxylation is 1. The van der Waals surface area contributed by atoms with E-state index in [-0.39, 0.29) is 11.6 Å². The van der Waals surface area contributed by atoms with Crippen LogP contribution in [0.15, 0.2) is 30.3 Å². The third-order valence-corrected chi connectivity index (χ3v) is 3.00. The van der Waals surface area contributed by atoms with Gasteiger partial charge in [0.15, 0.2) is 0 Å². The first-order valence-electron chi connectivity index (χ1n) is 6.15. The molecule has 0 fully saturated rings. The molecule has 2 rings (SSSR count). The normalized spacial score (nSPS) is 10.2. The van der Waals surface area contributed by atoms with Crippen molar-refractivity contribution in [2.45, 2.75) is 13.5 Å². The van der Waals surface area contributed by atoms with Gasteiger partial charge in [0.25, 0.3) is 5.91 Å². The van der Waals surface area contributed by atoms with Gasteiger partial charge < -0.3 is 10.6 Å². The van der Waals surface area contributed by atoms with Crippen molar-refractivity contribution in [1.82, 2.24) is 15.3 Å². The number of rotatable bonds is 4. The highest BCUT2D eigenvalue weighted by Gasteiger charge is 2.12. The highest BCUT2D eigenvalue weighted by Crippen LogP contribution is 2.16. The lowest BCUT2D eigenvalue weighted by Gasteiger charge is -2.08. The maximum absolute atomic E-state index is 12.1. The van der Waals surface area contributed by atoms with Crippen LogP contribution in [0.2, 0.25) is 5.02 Å². The van der Waals surface area contributed by atoms with Crippen molar-refractivity contribution < 1.29 is 4.79 Å². The average Bonchev–Trinajstić information content (AvgIpc) is 2.45. The van der Waals surface area contributed by atoms with Crippen molar-refractivity contribution in [2.75, 3.05) is 12.4 Å². The van der Waals surface area contributed by atoms with E-state index in [0.717, 1.165) is 11.4 Å². The van der Waals surface area contributed by atoms with Gasteiger partial charge in [0, 0.05) is 12.7 Å². The van der Waals surface area contributed by atoms with Crippen LogP contribution in [-0.4, -0.2) is 22.9 Å². The summed E-state index contributed by atoms with van der Waals surface area (Å²) in [5.41, 5.74) is 1.90. The second kappa shape index (κ2) is 6.34. The molecule has 1 amide bonds. The molecule has 0 atom stereocenters. The van der Waals surface area contributed by atoms with Crippen molar-refractivity contribution in [3.63, 3.8) is 0 Å². The number of nitrogens with zero attached hydrogens (tertiary/aromatic N) is 2. The molecule has 0 aliphatic heterocycles. The summed E-state index contributed by atoms with van der Waals surface area (Å²) in [5.74, 6) is 0.267.